The molecule has 3 N–H and O–H groups in total. The summed E-state index contributed by atoms with van der Waals surface area (Å²) >= 11 is 5.91. The first kappa shape index (κ1) is 14.3. The van der Waals surface area contributed by atoms with Gasteiger partial charge in [-0.05, 0) is 30.7 Å². The molecule has 0 aliphatic rings. The summed E-state index contributed by atoms with van der Waals surface area (Å²) in [7, 11) is 1.66. The summed E-state index contributed by atoms with van der Waals surface area (Å²) in [5.41, 5.74) is 6.81. The molecule has 0 spiro atoms. The van der Waals surface area contributed by atoms with Gasteiger partial charge in [-0.2, -0.15) is 0 Å². The van der Waals surface area contributed by atoms with Crippen LogP contribution in [0.5, 0.6) is 0 Å². The maximum Gasteiger partial charge on any atom is 0.253 e. The van der Waals surface area contributed by atoms with Crippen LogP contribution in [-0.2, 0) is 0 Å². The molecule has 5 nitrogen and oxygen atoms in total. The Morgan fingerprint density at radius 3 is 2.72 bits per heavy atom. The molecule has 0 fully saturated rings. The Balaban J connectivity index is 2.74. The molecule has 1 aromatic rings. The van der Waals surface area contributed by atoms with E-state index < -0.39 is 0 Å². The van der Waals surface area contributed by atoms with Crippen LogP contribution in [0.2, 0.25) is 5.02 Å². The number of hydrogen-bond donors (Lipinski definition) is 2. The maximum absolute atomic E-state index is 12.1. The Kier molecular flexibility index (Phi) is 4.97. The zero-order chi connectivity index (χ0) is 13.7. The van der Waals surface area contributed by atoms with Crippen molar-refractivity contribution in [2.24, 2.45) is 10.9 Å². The van der Waals surface area contributed by atoms with E-state index in [0.29, 0.717) is 23.6 Å². The minimum absolute atomic E-state index is 0.0944. The van der Waals surface area contributed by atoms with Crippen LogP contribution in [-0.4, -0.2) is 35.4 Å². The number of amidine groups is 1. The van der Waals surface area contributed by atoms with Gasteiger partial charge in [0.15, 0.2) is 0 Å². The molecule has 0 aliphatic heterocycles. The lowest BCUT2D eigenvalue weighted by molar-refractivity contribution is 0.0798. The predicted octanol–water partition coefficient (Wildman–Crippen LogP) is 1.86. The number of oxime groups is 1. The van der Waals surface area contributed by atoms with Crippen LogP contribution in [0.4, 0.5) is 0 Å². The third-order valence-electron chi connectivity index (χ3n) is 2.47. The molecule has 0 saturated heterocycles. The minimum Gasteiger partial charge on any atom is -0.409 e. The van der Waals surface area contributed by atoms with Crippen LogP contribution in [0.25, 0.3) is 0 Å². The molecule has 0 heterocycles. The summed E-state index contributed by atoms with van der Waals surface area (Å²) in [5.74, 6) is -0.0525. The standard InChI is InChI=1S/C12H16ClN3O2/c1-8-5-9(7-10(13)6-8)12(17)16(2)4-3-11(14)15-18/h5-7,18H,3-4H2,1-2H3,(H2,14,15). The molecule has 6 heteroatoms. The number of aryl methyl sites for hydroxylation is 1. The van der Waals surface area contributed by atoms with Gasteiger partial charge in [-0.1, -0.05) is 16.8 Å². The Morgan fingerprint density at radius 1 is 1.50 bits per heavy atom. The third kappa shape index (κ3) is 3.92. The normalized spacial score (nSPS) is 11.4. The quantitative estimate of drug-likeness (QED) is 0.379. The molecule has 0 unspecified atom stereocenters. The van der Waals surface area contributed by atoms with Gasteiger partial charge in [0.2, 0.25) is 0 Å². The fourth-order valence-corrected chi connectivity index (χ4v) is 1.80. The van der Waals surface area contributed by atoms with E-state index in [1.807, 2.05) is 6.92 Å². The van der Waals surface area contributed by atoms with Gasteiger partial charge in [0, 0.05) is 30.6 Å². The van der Waals surface area contributed by atoms with E-state index in [-0.39, 0.29) is 11.7 Å². The predicted molar refractivity (Wildman–Crippen MR) is 71.2 cm³/mol. The number of carbonyl (C=O) groups is 1. The Morgan fingerprint density at radius 2 is 2.17 bits per heavy atom. The number of nitrogens with zero attached hydrogens (tertiary/aromatic N) is 2. The smallest absolute Gasteiger partial charge is 0.253 e. The van der Waals surface area contributed by atoms with Crippen LogP contribution in [0.15, 0.2) is 23.4 Å². The minimum atomic E-state index is -0.147. The average molecular weight is 270 g/mol. The monoisotopic (exact) mass is 269 g/mol. The highest BCUT2D eigenvalue weighted by Gasteiger charge is 2.12. The molecule has 18 heavy (non-hydrogen) atoms. The van der Waals surface area contributed by atoms with Crippen molar-refractivity contribution < 1.29 is 10.0 Å². The molecule has 1 amide bonds. The SMILES string of the molecule is Cc1cc(Cl)cc(C(=O)N(C)CC/C(N)=N/O)c1. The summed E-state index contributed by atoms with van der Waals surface area (Å²) in [6.07, 6.45) is 0.318. The van der Waals surface area contributed by atoms with Gasteiger partial charge in [0.05, 0.1) is 0 Å². The van der Waals surface area contributed by atoms with E-state index in [1.54, 1.807) is 25.2 Å². The molecule has 0 aromatic heterocycles. The number of nitrogens with two attached hydrogens (primary N) is 1. The largest absolute Gasteiger partial charge is 0.409 e. The van der Waals surface area contributed by atoms with Crippen molar-refractivity contribution in [3.05, 3.63) is 34.3 Å². The van der Waals surface area contributed by atoms with E-state index in [9.17, 15) is 4.79 Å². The first-order chi connectivity index (χ1) is 8.43. The first-order valence-corrected chi connectivity index (χ1v) is 5.81. The van der Waals surface area contributed by atoms with Crippen molar-refractivity contribution in [2.45, 2.75) is 13.3 Å². The van der Waals surface area contributed by atoms with Gasteiger partial charge < -0.3 is 15.8 Å². The van der Waals surface area contributed by atoms with E-state index in [1.165, 1.54) is 4.90 Å². The second kappa shape index (κ2) is 6.26. The Labute approximate surface area is 111 Å². The summed E-state index contributed by atoms with van der Waals surface area (Å²) in [6.45, 7) is 2.25. The number of hydrogen-bond acceptors (Lipinski definition) is 3. The van der Waals surface area contributed by atoms with Gasteiger partial charge >= 0.3 is 0 Å². The zero-order valence-corrected chi connectivity index (χ0v) is 11.1. The molecule has 1 aromatic carbocycles. The first-order valence-electron chi connectivity index (χ1n) is 5.43. The molecule has 98 valence electrons. The second-order valence-corrected chi connectivity index (χ2v) is 4.52. The summed E-state index contributed by atoms with van der Waals surface area (Å²) in [6, 6.07) is 5.18. The van der Waals surface area contributed by atoms with Gasteiger partial charge in [-0.25, -0.2) is 0 Å². The molecule has 0 saturated carbocycles. The maximum atomic E-state index is 12.1. The summed E-state index contributed by atoms with van der Waals surface area (Å²) in [5, 5.41) is 11.8. The molecule has 1 rings (SSSR count). The zero-order valence-electron chi connectivity index (χ0n) is 10.4. The lowest BCUT2D eigenvalue weighted by Crippen LogP contribution is -2.30. The molecule has 0 radical (unpaired) electrons. The summed E-state index contributed by atoms with van der Waals surface area (Å²) < 4.78 is 0. The molecule has 0 aliphatic carbocycles. The van der Waals surface area contributed by atoms with Crippen LogP contribution in [0, 0.1) is 6.92 Å². The molecule has 0 atom stereocenters. The number of halogens is 1. The fraction of sp³-hybridized carbons (Fsp3) is 0.333. The molecule has 0 bridgehead atoms. The van der Waals surface area contributed by atoms with Crippen molar-refractivity contribution in [3.63, 3.8) is 0 Å². The van der Waals surface area contributed by atoms with Crippen LogP contribution >= 0.6 is 11.6 Å². The highest BCUT2D eigenvalue weighted by molar-refractivity contribution is 6.31. The summed E-state index contributed by atoms with van der Waals surface area (Å²) in [4.78, 5) is 13.6. The second-order valence-electron chi connectivity index (χ2n) is 4.09. The van der Waals surface area contributed by atoms with Crippen molar-refractivity contribution in [1.82, 2.24) is 4.90 Å². The molecular weight excluding hydrogens is 254 g/mol. The van der Waals surface area contributed by atoms with Gasteiger partial charge in [0.25, 0.3) is 5.91 Å². The van der Waals surface area contributed by atoms with E-state index in [0.717, 1.165) is 5.56 Å². The van der Waals surface area contributed by atoms with Gasteiger partial charge in [-0.3, -0.25) is 4.79 Å². The van der Waals surface area contributed by atoms with E-state index in [2.05, 4.69) is 5.16 Å². The van der Waals surface area contributed by atoms with E-state index in [4.69, 9.17) is 22.5 Å². The fourth-order valence-electron chi connectivity index (χ4n) is 1.51. The average Bonchev–Trinajstić information content (AvgIpc) is 2.33. The number of carbonyl (C=O) groups excluding carboxylic acids is 1. The lowest BCUT2D eigenvalue weighted by atomic mass is 10.1. The highest BCUT2D eigenvalue weighted by atomic mass is 35.5. The van der Waals surface area contributed by atoms with Crippen LogP contribution in [0.1, 0.15) is 22.3 Å². The Hall–Kier alpha value is -1.75. The molecular formula is C12H16ClN3O2. The van der Waals surface area contributed by atoms with Crippen molar-refractivity contribution >= 4 is 23.3 Å². The van der Waals surface area contributed by atoms with Gasteiger partial charge in [-0.15, -0.1) is 0 Å². The third-order valence-corrected chi connectivity index (χ3v) is 2.69. The Bertz CT molecular complexity index is 454. The van der Waals surface area contributed by atoms with E-state index >= 15 is 0 Å². The van der Waals surface area contributed by atoms with Gasteiger partial charge in [0.1, 0.15) is 5.84 Å². The number of benzene rings is 1. The van der Waals surface area contributed by atoms with Crippen molar-refractivity contribution in [3.8, 4) is 0 Å². The lowest BCUT2D eigenvalue weighted by Gasteiger charge is -2.17. The topological polar surface area (TPSA) is 78.9 Å². The highest BCUT2D eigenvalue weighted by Crippen LogP contribution is 2.15. The van der Waals surface area contributed by atoms with Crippen LogP contribution in [0.3, 0.4) is 0 Å². The van der Waals surface area contributed by atoms with Crippen molar-refractivity contribution in [1.29, 1.82) is 0 Å². The number of rotatable bonds is 4. The van der Waals surface area contributed by atoms with Crippen LogP contribution < -0.4 is 5.73 Å². The number of amides is 1. The van der Waals surface area contributed by atoms with Crippen molar-refractivity contribution in [2.75, 3.05) is 13.6 Å².